The van der Waals surface area contributed by atoms with Crippen molar-refractivity contribution in [2.75, 3.05) is 4.90 Å². The second-order valence-corrected chi connectivity index (χ2v) is 8.06. The van der Waals surface area contributed by atoms with Crippen LogP contribution >= 0.6 is 11.8 Å². The molecule has 1 aliphatic rings. The van der Waals surface area contributed by atoms with Crippen LogP contribution in [0.15, 0.2) is 110 Å². The van der Waals surface area contributed by atoms with E-state index < -0.39 is 0 Å². The lowest BCUT2D eigenvalue weighted by Crippen LogP contribution is -2.15. The quantitative estimate of drug-likeness (QED) is 0.285. The minimum absolute atomic E-state index is 0.00310. The molecule has 0 radical (unpaired) electrons. The molecule has 0 N–H and O–H groups in total. The molecule has 29 heavy (non-hydrogen) atoms. The lowest BCUT2D eigenvalue weighted by atomic mass is 10.1. The molecule has 0 fully saturated rings. The molecule has 0 amide bonds. The molecular weight excluding hydrogens is 378 g/mol. The first-order valence-electron chi connectivity index (χ1n) is 9.41. The number of rotatable bonds is 1. The molecule has 5 aromatic rings. The van der Waals surface area contributed by atoms with Gasteiger partial charge in [0.05, 0.1) is 22.1 Å². The Balaban J connectivity index is 1.64. The summed E-state index contributed by atoms with van der Waals surface area (Å²) in [5.41, 5.74) is 4.38. The lowest BCUT2D eigenvalue weighted by molar-refractivity contribution is 0.660. The monoisotopic (exact) mass is 393 g/mol. The van der Waals surface area contributed by atoms with Crippen LogP contribution in [0.5, 0.6) is 0 Å². The van der Waals surface area contributed by atoms with E-state index in [0.29, 0.717) is 21.9 Å². The number of fused-ring (bicyclic) bond motifs is 4. The summed E-state index contributed by atoms with van der Waals surface area (Å²) in [6.45, 7) is 0. The van der Waals surface area contributed by atoms with Gasteiger partial charge in [0.25, 0.3) is 0 Å². The van der Waals surface area contributed by atoms with Crippen LogP contribution in [0.3, 0.4) is 0 Å². The fourth-order valence-electron chi connectivity index (χ4n) is 3.91. The number of para-hydroxylation sites is 3. The van der Waals surface area contributed by atoms with Crippen molar-refractivity contribution in [1.29, 1.82) is 0 Å². The molecule has 0 unspecified atom stereocenters. The Bertz CT molecular complexity index is 1430. The van der Waals surface area contributed by atoms with E-state index in [1.165, 1.54) is 9.79 Å². The Morgan fingerprint density at radius 3 is 2.03 bits per heavy atom. The summed E-state index contributed by atoms with van der Waals surface area (Å²) >= 11 is 1.77. The van der Waals surface area contributed by atoms with Gasteiger partial charge in [0.2, 0.25) is 5.43 Å². The van der Waals surface area contributed by atoms with Gasteiger partial charge in [-0.15, -0.1) is 0 Å². The zero-order chi connectivity index (χ0) is 19.4. The highest BCUT2D eigenvalue weighted by atomic mass is 32.2. The second-order valence-electron chi connectivity index (χ2n) is 6.98. The van der Waals surface area contributed by atoms with E-state index >= 15 is 0 Å². The number of hydrogen-bond donors (Lipinski definition) is 0. The molecule has 3 nitrogen and oxygen atoms in total. The van der Waals surface area contributed by atoms with E-state index in [1.54, 1.807) is 11.8 Å². The average Bonchev–Trinajstić information content (AvgIpc) is 2.77. The lowest BCUT2D eigenvalue weighted by Gasteiger charge is -2.32. The molecule has 138 valence electrons. The largest absolute Gasteiger partial charge is 0.456 e. The standard InChI is InChI=1S/C25H15NO2S/c27-25-17-7-1-4-10-21(17)28-22-14-13-16(15-18(22)25)26-19-8-2-5-11-23(19)29-24-12-6-3-9-20(24)26/h1-15H. The molecule has 2 heterocycles. The van der Waals surface area contributed by atoms with Gasteiger partial charge in [-0.25, -0.2) is 0 Å². The maximum atomic E-state index is 13.1. The molecule has 6 rings (SSSR count). The van der Waals surface area contributed by atoms with Gasteiger partial charge in [-0.1, -0.05) is 48.2 Å². The maximum Gasteiger partial charge on any atom is 0.200 e. The van der Waals surface area contributed by atoms with Gasteiger partial charge >= 0.3 is 0 Å². The molecule has 1 aromatic heterocycles. The smallest absolute Gasteiger partial charge is 0.200 e. The van der Waals surface area contributed by atoms with Crippen molar-refractivity contribution in [2.24, 2.45) is 0 Å². The van der Waals surface area contributed by atoms with Gasteiger partial charge in [0, 0.05) is 15.5 Å². The zero-order valence-corrected chi connectivity index (χ0v) is 16.1. The first-order valence-corrected chi connectivity index (χ1v) is 10.2. The van der Waals surface area contributed by atoms with Gasteiger partial charge in [0.1, 0.15) is 11.2 Å². The Hall–Kier alpha value is -3.50. The van der Waals surface area contributed by atoms with E-state index in [-0.39, 0.29) is 5.43 Å². The maximum absolute atomic E-state index is 13.1. The predicted molar refractivity (Wildman–Crippen MR) is 119 cm³/mol. The molecule has 1 aliphatic heterocycles. The van der Waals surface area contributed by atoms with Crippen LogP contribution in [0.25, 0.3) is 21.9 Å². The summed E-state index contributed by atoms with van der Waals surface area (Å²) in [7, 11) is 0. The number of nitrogens with zero attached hydrogens (tertiary/aromatic N) is 1. The van der Waals surface area contributed by atoms with Crippen molar-refractivity contribution < 1.29 is 4.42 Å². The first kappa shape index (κ1) is 16.5. The van der Waals surface area contributed by atoms with E-state index in [2.05, 4.69) is 41.3 Å². The van der Waals surface area contributed by atoms with Gasteiger partial charge in [-0.3, -0.25) is 4.79 Å². The Kier molecular flexibility index (Phi) is 3.55. The molecule has 4 aromatic carbocycles. The molecule has 0 spiro atoms. The van der Waals surface area contributed by atoms with Crippen LogP contribution in [-0.4, -0.2) is 0 Å². The topological polar surface area (TPSA) is 33.5 Å². The minimum Gasteiger partial charge on any atom is -0.456 e. The Morgan fingerprint density at radius 2 is 1.28 bits per heavy atom. The van der Waals surface area contributed by atoms with Crippen LogP contribution in [0.2, 0.25) is 0 Å². The number of anilines is 3. The molecule has 0 saturated carbocycles. The summed E-state index contributed by atoms with van der Waals surface area (Å²) in [6.07, 6.45) is 0. The van der Waals surface area contributed by atoms with Gasteiger partial charge < -0.3 is 9.32 Å². The van der Waals surface area contributed by atoms with Crippen LogP contribution < -0.4 is 10.3 Å². The highest BCUT2D eigenvalue weighted by molar-refractivity contribution is 7.99. The van der Waals surface area contributed by atoms with Crippen molar-refractivity contribution in [3.05, 3.63) is 101 Å². The van der Waals surface area contributed by atoms with E-state index in [4.69, 9.17) is 4.42 Å². The van der Waals surface area contributed by atoms with Crippen molar-refractivity contribution in [3.8, 4) is 0 Å². The minimum atomic E-state index is -0.00310. The van der Waals surface area contributed by atoms with Gasteiger partial charge in [-0.2, -0.15) is 0 Å². The van der Waals surface area contributed by atoms with Gasteiger partial charge in [-0.05, 0) is 54.6 Å². The highest BCUT2D eigenvalue weighted by Crippen LogP contribution is 2.51. The molecule has 0 atom stereocenters. The second kappa shape index (κ2) is 6.26. The van der Waals surface area contributed by atoms with Crippen LogP contribution in [-0.2, 0) is 0 Å². The predicted octanol–water partition coefficient (Wildman–Crippen LogP) is 6.88. The summed E-state index contributed by atoms with van der Waals surface area (Å²) in [6, 6.07) is 29.9. The van der Waals surface area contributed by atoms with Crippen molar-refractivity contribution in [3.63, 3.8) is 0 Å². The van der Waals surface area contributed by atoms with Crippen LogP contribution in [0.1, 0.15) is 0 Å². The summed E-state index contributed by atoms with van der Waals surface area (Å²) < 4.78 is 5.99. The highest BCUT2D eigenvalue weighted by Gasteiger charge is 2.24. The van der Waals surface area contributed by atoms with Crippen molar-refractivity contribution in [1.82, 2.24) is 0 Å². The first-order chi connectivity index (χ1) is 14.3. The zero-order valence-electron chi connectivity index (χ0n) is 15.3. The normalized spacial score (nSPS) is 12.8. The third-order valence-electron chi connectivity index (χ3n) is 5.25. The summed E-state index contributed by atoms with van der Waals surface area (Å²) in [5.74, 6) is 0. The molecule has 0 saturated heterocycles. The van der Waals surface area contributed by atoms with E-state index in [1.807, 2.05) is 54.6 Å². The van der Waals surface area contributed by atoms with Crippen molar-refractivity contribution in [2.45, 2.75) is 9.79 Å². The van der Waals surface area contributed by atoms with Gasteiger partial charge in [0.15, 0.2) is 0 Å². The summed E-state index contributed by atoms with van der Waals surface area (Å²) in [4.78, 5) is 17.7. The fraction of sp³-hybridized carbons (Fsp3) is 0. The average molecular weight is 393 g/mol. The van der Waals surface area contributed by atoms with E-state index in [0.717, 1.165) is 17.1 Å². The third kappa shape index (κ3) is 2.50. The molecule has 0 bridgehead atoms. The fourth-order valence-corrected chi connectivity index (χ4v) is 4.97. The van der Waals surface area contributed by atoms with E-state index in [9.17, 15) is 4.79 Å². The Labute approximate surface area is 171 Å². The SMILES string of the molecule is O=c1c2ccccc2oc2ccc(N3c4ccccc4Sc4ccccc43)cc12. The number of benzene rings is 4. The molecule has 0 aliphatic carbocycles. The summed E-state index contributed by atoms with van der Waals surface area (Å²) in [5, 5.41) is 1.20. The Morgan fingerprint density at radius 1 is 0.655 bits per heavy atom. The van der Waals surface area contributed by atoms with Crippen LogP contribution in [0, 0.1) is 0 Å². The third-order valence-corrected chi connectivity index (χ3v) is 6.38. The molecule has 4 heteroatoms. The number of hydrogen-bond acceptors (Lipinski definition) is 4. The van der Waals surface area contributed by atoms with Crippen LogP contribution in [0.4, 0.5) is 17.1 Å². The molecular formula is C25H15NO2S. The van der Waals surface area contributed by atoms with Crippen molar-refractivity contribution >= 4 is 50.8 Å².